The van der Waals surface area contributed by atoms with Crippen LogP contribution in [0.3, 0.4) is 0 Å². The van der Waals surface area contributed by atoms with Crippen molar-refractivity contribution in [2.75, 3.05) is 13.7 Å². The van der Waals surface area contributed by atoms with E-state index < -0.39 is 0 Å². The molecular weight excluding hydrogens is 280 g/mol. The predicted molar refractivity (Wildman–Crippen MR) is 89.5 cm³/mol. The van der Waals surface area contributed by atoms with Crippen molar-refractivity contribution in [3.8, 4) is 5.75 Å². The van der Waals surface area contributed by atoms with Gasteiger partial charge in [0, 0.05) is 18.8 Å². The van der Waals surface area contributed by atoms with Gasteiger partial charge in [-0.15, -0.1) is 0 Å². The Bertz CT molecular complexity index is 560. The van der Waals surface area contributed by atoms with Crippen LogP contribution in [0.5, 0.6) is 5.75 Å². The quantitative estimate of drug-likeness (QED) is 0.797. The third-order valence-corrected chi connectivity index (χ3v) is 5.09. The van der Waals surface area contributed by atoms with E-state index in [2.05, 4.69) is 42.4 Å². The van der Waals surface area contributed by atoms with Crippen molar-refractivity contribution >= 4 is 17.3 Å². The summed E-state index contributed by atoms with van der Waals surface area (Å²) in [7, 11) is 1.75. The molecule has 1 fully saturated rings. The van der Waals surface area contributed by atoms with E-state index in [1.807, 2.05) is 0 Å². The molecule has 1 aromatic rings. The van der Waals surface area contributed by atoms with E-state index in [9.17, 15) is 0 Å². The third kappa shape index (κ3) is 2.13. The number of likely N-dealkylation sites (N-methyl/N-ethyl adjacent to an activating group) is 1. The molecule has 2 heterocycles. The number of methoxy groups -OCH3 is 1. The molecule has 0 saturated carbocycles. The lowest BCUT2D eigenvalue weighted by molar-refractivity contribution is 0.340. The summed E-state index contributed by atoms with van der Waals surface area (Å²) in [4.78, 5) is 4.47. The smallest absolute Gasteiger partial charge is 0.176 e. The lowest BCUT2D eigenvalue weighted by Crippen LogP contribution is -2.38. The normalized spacial score (nSPS) is 20.6. The number of thiocarbonyl (C=S) groups is 1. The van der Waals surface area contributed by atoms with Crippen LogP contribution < -0.4 is 4.74 Å². The SMILES string of the molecule is C=C1C2Cc3cc(OC)c(CC)cc3CN2C(=S)N1CC. The minimum absolute atomic E-state index is 0.308. The maximum Gasteiger partial charge on any atom is 0.176 e. The zero-order valence-corrected chi connectivity index (χ0v) is 13.8. The molecule has 3 rings (SSSR count). The summed E-state index contributed by atoms with van der Waals surface area (Å²) < 4.78 is 5.53. The number of rotatable bonds is 3. The lowest BCUT2D eigenvalue weighted by atomic mass is 9.91. The van der Waals surface area contributed by atoms with E-state index in [0.29, 0.717) is 6.04 Å². The van der Waals surface area contributed by atoms with Gasteiger partial charge in [0.15, 0.2) is 5.11 Å². The average molecular weight is 302 g/mol. The largest absolute Gasteiger partial charge is 0.496 e. The second kappa shape index (κ2) is 5.34. The first-order valence-corrected chi connectivity index (χ1v) is 7.97. The van der Waals surface area contributed by atoms with Gasteiger partial charge in [-0.2, -0.15) is 0 Å². The topological polar surface area (TPSA) is 15.7 Å². The Morgan fingerprint density at radius 1 is 1.33 bits per heavy atom. The van der Waals surface area contributed by atoms with Crippen LogP contribution in [0.1, 0.15) is 30.5 Å². The van der Waals surface area contributed by atoms with Crippen LogP contribution in [-0.2, 0) is 19.4 Å². The van der Waals surface area contributed by atoms with Crippen molar-refractivity contribution in [3.63, 3.8) is 0 Å². The molecular formula is C17H22N2OS. The number of hydrogen-bond acceptors (Lipinski definition) is 2. The molecule has 2 aliphatic rings. The van der Waals surface area contributed by atoms with Gasteiger partial charge in [-0.1, -0.05) is 19.6 Å². The van der Waals surface area contributed by atoms with Crippen LogP contribution in [-0.4, -0.2) is 34.6 Å². The van der Waals surface area contributed by atoms with Crippen LogP contribution in [0.15, 0.2) is 24.4 Å². The molecule has 1 aromatic carbocycles. The molecule has 21 heavy (non-hydrogen) atoms. The fraction of sp³-hybridized carbons (Fsp3) is 0.471. The Morgan fingerprint density at radius 2 is 2.10 bits per heavy atom. The molecule has 3 nitrogen and oxygen atoms in total. The van der Waals surface area contributed by atoms with E-state index in [1.165, 1.54) is 16.7 Å². The minimum atomic E-state index is 0.308. The van der Waals surface area contributed by atoms with Crippen LogP contribution in [0.2, 0.25) is 0 Å². The zero-order valence-electron chi connectivity index (χ0n) is 13.0. The van der Waals surface area contributed by atoms with Gasteiger partial charge in [-0.3, -0.25) is 0 Å². The van der Waals surface area contributed by atoms with Crippen LogP contribution in [0.25, 0.3) is 0 Å². The Balaban J connectivity index is 2.00. The van der Waals surface area contributed by atoms with Gasteiger partial charge < -0.3 is 14.5 Å². The van der Waals surface area contributed by atoms with Gasteiger partial charge in [-0.25, -0.2) is 0 Å². The summed E-state index contributed by atoms with van der Waals surface area (Å²) in [5, 5.41) is 0.923. The standard InChI is InChI=1S/C17H22N2OS/c1-5-12-7-14-10-19-15(8-13(14)9-16(12)20-4)11(3)18(6-2)17(19)21/h7,9,15H,3,5-6,8,10H2,1-2,4H3. The molecule has 1 atom stereocenters. The molecule has 0 radical (unpaired) electrons. The molecule has 0 amide bonds. The average Bonchev–Trinajstić information content (AvgIpc) is 2.74. The summed E-state index contributed by atoms with van der Waals surface area (Å²) in [6, 6.07) is 4.79. The van der Waals surface area contributed by atoms with E-state index in [1.54, 1.807) is 7.11 Å². The maximum atomic E-state index is 5.62. The van der Waals surface area contributed by atoms with Crippen molar-refractivity contribution in [2.45, 2.75) is 39.3 Å². The van der Waals surface area contributed by atoms with Crippen molar-refractivity contribution in [2.24, 2.45) is 0 Å². The van der Waals surface area contributed by atoms with Gasteiger partial charge in [0.1, 0.15) is 5.75 Å². The molecule has 0 spiro atoms. The van der Waals surface area contributed by atoms with E-state index >= 15 is 0 Å². The molecule has 0 N–H and O–H groups in total. The first-order chi connectivity index (χ1) is 10.1. The summed E-state index contributed by atoms with van der Waals surface area (Å²) in [5.41, 5.74) is 5.14. The first kappa shape index (κ1) is 14.4. The van der Waals surface area contributed by atoms with Crippen LogP contribution in [0.4, 0.5) is 0 Å². The third-order valence-electron chi connectivity index (χ3n) is 4.64. The Hall–Kier alpha value is -1.55. The molecule has 1 unspecified atom stereocenters. The predicted octanol–water partition coefficient (Wildman–Crippen LogP) is 3.12. The molecule has 0 aromatic heterocycles. The molecule has 2 aliphatic heterocycles. The van der Waals surface area contributed by atoms with Gasteiger partial charge in [0.05, 0.1) is 13.2 Å². The Labute approximate surface area is 132 Å². The summed E-state index contributed by atoms with van der Waals surface area (Å²) in [6.07, 6.45) is 1.95. The Morgan fingerprint density at radius 3 is 2.71 bits per heavy atom. The van der Waals surface area contributed by atoms with Gasteiger partial charge in [0.25, 0.3) is 0 Å². The molecule has 112 valence electrons. The number of benzene rings is 1. The van der Waals surface area contributed by atoms with E-state index in [0.717, 1.165) is 42.5 Å². The summed E-state index contributed by atoms with van der Waals surface area (Å²) >= 11 is 5.62. The van der Waals surface area contributed by atoms with Gasteiger partial charge >= 0.3 is 0 Å². The monoisotopic (exact) mass is 302 g/mol. The zero-order chi connectivity index (χ0) is 15.1. The van der Waals surface area contributed by atoms with Crippen molar-refractivity contribution in [1.82, 2.24) is 9.80 Å². The maximum absolute atomic E-state index is 5.62. The highest BCUT2D eigenvalue weighted by Gasteiger charge is 2.40. The number of ether oxygens (including phenoxy) is 1. The summed E-state index contributed by atoms with van der Waals surface area (Å²) in [5.74, 6) is 1.00. The fourth-order valence-corrected chi connectivity index (χ4v) is 3.87. The molecule has 1 saturated heterocycles. The molecule has 4 heteroatoms. The van der Waals surface area contributed by atoms with Gasteiger partial charge in [-0.05, 0) is 54.7 Å². The van der Waals surface area contributed by atoms with E-state index in [-0.39, 0.29) is 0 Å². The van der Waals surface area contributed by atoms with Crippen molar-refractivity contribution in [1.29, 1.82) is 0 Å². The number of nitrogens with zero attached hydrogens (tertiary/aromatic N) is 2. The lowest BCUT2D eigenvalue weighted by Gasteiger charge is -2.32. The second-order valence-corrected chi connectivity index (χ2v) is 6.02. The van der Waals surface area contributed by atoms with E-state index in [4.69, 9.17) is 17.0 Å². The highest BCUT2D eigenvalue weighted by Crippen LogP contribution is 2.37. The number of aryl methyl sites for hydroxylation is 1. The van der Waals surface area contributed by atoms with Crippen molar-refractivity contribution in [3.05, 3.63) is 41.1 Å². The minimum Gasteiger partial charge on any atom is -0.496 e. The van der Waals surface area contributed by atoms with Crippen LogP contribution >= 0.6 is 12.2 Å². The summed E-state index contributed by atoms with van der Waals surface area (Å²) in [6.45, 7) is 10.3. The molecule has 0 aliphatic carbocycles. The number of fused-ring (bicyclic) bond motifs is 2. The number of hydrogen-bond donors (Lipinski definition) is 0. The fourth-order valence-electron chi connectivity index (χ4n) is 3.43. The first-order valence-electron chi connectivity index (χ1n) is 7.56. The van der Waals surface area contributed by atoms with Crippen LogP contribution in [0, 0.1) is 0 Å². The second-order valence-electron chi connectivity index (χ2n) is 5.65. The molecule has 0 bridgehead atoms. The Kier molecular flexibility index (Phi) is 3.66. The highest BCUT2D eigenvalue weighted by molar-refractivity contribution is 7.80. The highest BCUT2D eigenvalue weighted by atomic mass is 32.1. The van der Waals surface area contributed by atoms with Gasteiger partial charge in [0.2, 0.25) is 0 Å². The van der Waals surface area contributed by atoms with Crippen molar-refractivity contribution < 1.29 is 4.74 Å².